The first kappa shape index (κ1) is 46.4. The average Bonchev–Trinajstić information content (AvgIpc) is 3.60. The topological polar surface area (TPSA) is 149 Å². The van der Waals surface area contributed by atoms with Gasteiger partial charge in [-0.15, -0.1) is 11.8 Å². The van der Waals surface area contributed by atoms with Crippen LogP contribution in [0, 0.1) is 0 Å². The zero-order valence-electron chi connectivity index (χ0n) is 33.8. The van der Waals surface area contributed by atoms with Crippen molar-refractivity contribution >= 4 is 66.8 Å². The molecule has 0 saturated heterocycles. The summed E-state index contributed by atoms with van der Waals surface area (Å²) in [6.07, 6.45) is 2.10. The van der Waals surface area contributed by atoms with E-state index in [4.69, 9.17) is 11.6 Å². The first-order valence-electron chi connectivity index (χ1n) is 19.6. The van der Waals surface area contributed by atoms with Crippen molar-refractivity contribution in [3.8, 4) is 11.1 Å². The Bertz CT molecular complexity index is 2580. The fourth-order valence-corrected chi connectivity index (χ4v) is 9.77. The summed E-state index contributed by atoms with van der Waals surface area (Å²) >= 11 is 7.48. The van der Waals surface area contributed by atoms with E-state index >= 15 is 0 Å². The number of hydrogen-bond donors (Lipinski definition) is 4. The molecule has 0 fully saturated rings. The largest absolute Gasteiger partial charge is 0.501 e. The minimum atomic E-state index is -6.07. The lowest BCUT2D eigenvalue weighted by molar-refractivity contribution is -0.0435. The number of aliphatic imine (C=N–C) groups is 1. The number of rotatable bonds is 19. The number of nitrogens with one attached hydrogen (secondary N) is 4. The van der Waals surface area contributed by atoms with Crippen LogP contribution in [0.3, 0.4) is 0 Å². The van der Waals surface area contributed by atoms with Crippen LogP contribution in [0.15, 0.2) is 141 Å². The van der Waals surface area contributed by atoms with Crippen molar-refractivity contribution in [3.63, 3.8) is 0 Å². The molecule has 1 amide bonds. The van der Waals surface area contributed by atoms with Crippen LogP contribution in [0.2, 0.25) is 5.02 Å². The molecule has 0 bridgehead atoms. The van der Waals surface area contributed by atoms with Gasteiger partial charge in [-0.3, -0.25) is 9.79 Å². The molecule has 0 unspecified atom stereocenters. The van der Waals surface area contributed by atoms with Gasteiger partial charge in [-0.05, 0) is 104 Å². The van der Waals surface area contributed by atoms with Crippen LogP contribution in [-0.2, 0) is 26.4 Å². The molecule has 0 aromatic heterocycles. The molecule has 0 radical (unpaired) electrons. The molecule has 4 N–H and O–H groups in total. The van der Waals surface area contributed by atoms with Crippen molar-refractivity contribution in [2.45, 2.75) is 58.6 Å². The SMILES string of the molecule is CC1(C)CN(CC[C@H](CSc2ccccc2)Nc2ccc(S(=O)(=O)NC(=O)c3ccc(NCCNCc4ccccc4-c4ccc(Cl)cc4)cc3)cc2S(=O)(=O)C(F)(F)F)C=N1. The molecule has 0 saturated carbocycles. The number of amides is 1. The molecular weight excluding hydrogens is 881 g/mol. The van der Waals surface area contributed by atoms with Crippen LogP contribution in [0.1, 0.15) is 36.2 Å². The number of benzene rings is 5. The van der Waals surface area contributed by atoms with Gasteiger partial charge in [0.15, 0.2) is 0 Å². The summed E-state index contributed by atoms with van der Waals surface area (Å²) < 4.78 is 97.1. The Labute approximate surface area is 369 Å². The van der Waals surface area contributed by atoms with Gasteiger partial charge >= 0.3 is 5.51 Å². The summed E-state index contributed by atoms with van der Waals surface area (Å²) in [5, 5.41) is 10.2. The fraction of sp³-hybridized carbons (Fsp3) is 0.273. The van der Waals surface area contributed by atoms with E-state index in [0.29, 0.717) is 61.7 Å². The van der Waals surface area contributed by atoms with Gasteiger partial charge in [0.1, 0.15) is 4.90 Å². The maximum atomic E-state index is 14.1. The lowest BCUT2D eigenvalue weighted by Gasteiger charge is -2.25. The second-order valence-corrected chi connectivity index (χ2v) is 20.3. The van der Waals surface area contributed by atoms with Gasteiger partial charge in [-0.25, -0.2) is 21.6 Å². The second-order valence-electron chi connectivity index (χ2n) is 15.2. The molecule has 6 rings (SSSR count). The first-order valence-corrected chi connectivity index (χ1v) is 23.9. The smallest absolute Gasteiger partial charge is 0.384 e. The summed E-state index contributed by atoms with van der Waals surface area (Å²) in [6, 6.07) is 32.7. The van der Waals surface area contributed by atoms with Crippen molar-refractivity contribution < 1.29 is 34.8 Å². The summed E-state index contributed by atoms with van der Waals surface area (Å²) in [7, 11) is -10.9. The normalized spacial score (nSPS) is 14.4. The Kier molecular flexibility index (Phi) is 15.0. The van der Waals surface area contributed by atoms with Crippen molar-refractivity contribution in [3.05, 3.63) is 137 Å². The van der Waals surface area contributed by atoms with Gasteiger partial charge < -0.3 is 20.9 Å². The zero-order valence-corrected chi connectivity index (χ0v) is 37.0. The fourth-order valence-electron chi connectivity index (χ4n) is 6.62. The molecule has 18 heteroatoms. The second kappa shape index (κ2) is 20.0. The van der Waals surface area contributed by atoms with E-state index in [9.17, 15) is 34.8 Å². The molecule has 0 aliphatic carbocycles. The summed E-state index contributed by atoms with van der Waals surface area (Å²) in [5.74, 6) is -0.724. The van der Waals surface area contributed by atoms with Crippen molar-refractivity contribution in [2.75, 3.05) is 42.6 Å². The number of anilines is 2. The number of carbonyl (C=O) groups is 1. The van der Waals surface area contributed by atoms with Gasteiger partial charge in [-0.2, -0.15) is 13.2 Å². The highest BCUT2D eigenvalue weighted by atomic mass is 35.5. The Balaban J connectivity index is 1.10. The highest BCUT2D eigenvalue weighted by Gasteiger charge is 2.48. The van der Waals surface area contributed by atoms with E-state index in [2.05, 4.69) is 20.9 Å². The van der Waals surface area contributed by atoms with Crippen LogP contribution in [0.5, 0.6) is 0 Å². The lowest BCUT2D eigenvalue weighted by Crippen LogP contribution is -2.34. The van der Waals surface area contributed by atoms with Gasteiger partial charge in [0, 0.05) is 65.7 Å². The van der Waals surface area contributed by atoms with Crippen molar-refractivity contribution in [1.29, 1.82) is 0 Å². The van der Waals surface area contributed by atoms with Crippen LogP contribution >= 0.6 is 23.4 Å². The molecule has 1 aliphatic rings. The van der Waals surface area contributed by atoms with Gasteiger partial charge in [0.05, 0.1) is 22.5 Å². The number of carbonyl (C=O) groups excluding carboxylic acids is 1. The third-order valence-corrected chi connectivity index (χ3v) is 14.1. The number of sulfone groups is 1. The summed E-state index contributed by atoms with van der Waals surface area (Å²) in [5.41, 5.74) is -2.65. The minimum Gasteiger partial charge on any atom is -0.384 e. The van der Waals surface area contributed by atoms with E-state index in [1.54, 1.807) is 18.5 Å². The number of hydrogen-bond acceptors (Lipinski definition) is 11. The molecule has 1 aliphatic heterocycles. The predicted octanol–water partition coefficient (Wildman–Crippen LogP) is 8.71. The number of halogens is 4. The minimum absolute atomic E-state index is 0.0531. The molecule has 5 aromatic rings. The predicted molar refractivity (Wildman–Crippen MR) is 241 cm³/mol. The molecule has 0 spiro atoms. The highest BCUT2D eigenvalue weighted by molar-refractivity contribution is 7.99. The maximum absolute atomic E-state index is 14.1. The Morgan fingerprint density at radius 3 is 2.26 bits per heavy atom. The molecule has 328 valence electrons. The molecule has 11 nitrogen and oxygen atoms in total. The standard InChI is InChI=1S/C44H46ClF3N6O5S3/c1-43(2)29-54(30-51-43)25-22-36(28-60-37-9-4-3-5-10-37)52-40-21-20-38(26-41(40)61(56,57)44(46,47)48)62(58,59)53-42(55)32-14-18-35(19-15-32)50-24-23-49-27-33-8-6-7-11-39(33)31-12-16-34(45)17-13-31/h3-21,26,30,36,49-50,52H,22-25,27-29H2,1-2H3,(H,53,55)/t36-/m1/s1. The Hall–Kier alpha value is -5.07. The molecule has 5 aromatic carbocycles. The van der Waals surface area contributed by atoms with E-state index in [1.165, 1.54) is 23.9 Å². The van der Waals surface area contributed by atoms with E-state index in [0.717, 1.165) is 33.7 Å². The lowest BCUT2D eigenvalue weighted by atomic mass is 10.00. The van der Waals surface area contributed by atoms with Gasteiger partial charge in [0.2, 0.25) is 0 Å². The van der Waals surface area contributed by atoms with Crippen LogP contribution in [0.25, 0.3) is 11.1 Å². The van der Waals surface area contributed by atoms with E-state index in [1.807, 2.05) is 102 Å². The number of alkyl halides is 3. The third kappa shape index (κ3) is 12.3. The maximum Gasteiger partial charge on any atom is 0.501 e. The van der Waals surface area contributed by atoms with Gasteiger partial charge in [0.25, 0.3) is 25.8 Å². The quantitative estimate of drug-likeness (QED) is 0.0468. The summed E-state index contributed by atoms with van der Waals surface area (Å²) in [6.45, 7) is 6.76. The molecule has 62 heavy (non-hydrogen) atoms. The zero-order chi connectivity index (χ0) is 44.5. The van der Waals surface area contributed by atoms with Gasteiger partial charge in [-0.1, -0.05) is 66.2 Å². The van der Waals surface area contributed by atoms with E-state index < -0.39 is 52.8 Å². The number of nitrogens with zero attached hydrogens (tertiary/aromatic N) is 2. The average molecular weight is 928 g/mol. The summed E-state index contributed by atoms with van der Waals surface area (Å²) in [4.78, 5) is 18.3. The van der Waals surface area contributed by atoms with Crippen LogP contribution in [-0.4, -0.2) is 83.0 Å². The first-order chi connectivity index (χ1) is 29.4. The Morgan fingerprint density at radius 2 is 1.58 bits per heavy atom. The molecule has 1 heterocycles. The van der Waals surface area contributed by atoms with Crippen molar-refractivity contribution in [1.82, 2.24) is 14.9 Å². The number of thioether (sulfide) groups is 1. The highest BCUT2D eigenvalue weighted by Crippen LogP contribution is 2.37. The monoisotopic (exact) mass is 926 g/mol. The molecule has 1 atom stereocenters. The van der Waals surface area contributed by atoms with Crippen LogP contribution in [0.4, 0.5) is 24.5 Å². The number of sulfonamides is 1. The molecular formula is C44H46ClF3N6O5S3. The Morgan fingerprint density at radius 1 is 0.887 bits per heavy atom. The van der Waals surface area contributed by atoms with Crippen molar-refractivity contribution in [2.24, 2.45) is 4.99 Å². The van der Waals surface area contributed by atoms with Crippen LogP contribution < -0.4 is 20.7 Å². The van der Waals surface area contributed by atoms with E-state index in [-0.39, 0.29) is 11.1 Å². The third-order valence-electron chi connectivity index (χ3n) is 9.83.